The maximum atomic E-state index is 13.7. The molecule has 0 saturated carbocycles. The maximum absolute atomic E-state index is 13.7. The van der Waals surface area contributed by atoms with Crippen molar-refractivity contribution >= 4 is 55.1 Å². The molecule has 2 aromatic carbocycles. The number of benzene rings is 2. The largest absolute Gasteiger partial charge is 0.350 e. The molecule has 2 amide bonds. The highest BCUT2D eigenvalue weighted by Gasteiger charge is 2.33. The summed E-state index contributed by atoms with van der Waals surface area (Å²) in [7, 11) is -3.80. The number of anilines is 1. The Morgan fingerprint density at radius 1 is 1.09 bits per heavy atom. The first-order chi connectivity index (χ1) is 15.7. The van der Waals surface area contributed by atoms with Gasteiger partial charge in [-0.05, 0) is 66.9 Å². The summed E-state index contributed by atoms with van der Waals surface area (Å²) in [6, 6.07) is 13.0. The van der Waals surface area contributed by atoms with Crippen molar-refractivity contribution in [3.8, 4) is 0 Å². The van der Waals surface area contributed by atoms with Gasteiger partial charge in [0.25, 0.3) is 0 Å². The molecule has 0 aliphatic rings. The van der Waals surface area contributed by atoms with E-state index in [-0.39, 0.29) is 12.5 Å². The third-order valence-electron chi connectivity index (χ3n) is 4.98. The smallest absolute Gasteiger partial charge is 0.244 e. The molecule has 2 aromatic rings. The first kappa shape index (κ1) is 28.1. The first-order valence-corrected chi connectivity index (χ1v) is 13.8. The predicted molar refractivity (Wildman–Crippen MR) is 140 cm³/mol. The number of amides is 2. The van der Waals surface area contributed by atoms with Crippen molar-refractivity contribution in [2.45, 2.75) is 52.2 Å². The molecular formula is C24H31BrClN3O4S. The van der Waals surface area contributed by atoms with Crippen LogP contribution in [0.25, 0.3) is 0 Å². The van der Waals surface area contributed by atoms with E-state index in [1.165, 1.54) is 4.90 Å². The lowest BCUT2D eigenvalue weighted by molar-refractivity contribution is -0.141. The molecule has 0 saturated heterocycles. The summed E-state index contributed by atoms with van der Waals surface area (Å²) in [5.41, 5.74) is 0.492. The van der Waals surface area contributed by atoms with Crippen molar-refractivity contribution in [1.82, 2.24) is 10.2 Å². The van der Waals surface area contributed by atoms with Crippen molar-refractivity contribution in [3.63, 3.8) is 0 Å². The van der Waals surface area contributed by atoms with Crippen LogP contribution in [0.4, 0.5) is 5.69 Å². The number of sulfonamides is 1. The molecule has 0 aromatic heterocycles. The van der Waals surface area contributed by atoms with E-state index in [4.69, 9.17) is 11.6 Å². The second kappa shape index (κ2) is 11.6. The first-order valence-electron chi connectivity index (χ1n) is 10.8. The zero-order valence-corrected chi connectivity index (χ0v) is 23.2. The fourth-order valence-corrected chi connectivity index (χ4v) is 5.10. The number of carbonyl (C=O) groups excluding carboxylic acids is 2. The fraction of sp³-hybridized carbons (Fsp3) is 0.417. The van der Waals surface area contributed by atoms with Gasteiger partial charge in [0, 0.05) is 21.6 Å². The lowest BCUT2D eigenvalue weighted by Crippen LogP contribution is -2.55. The molecule has 186 valence electrons. The van der Waals surface area contributed by atoms with E-state index in [0.717, 1.165) is 10.6 Å². The van der Waals surface area contributed by atoms with Crippen LogP contribution in [-0.4, -0.2) is 49.5 Å². The Morgan fingerprint density at radius 2 is 1.68 bits per heavy atom. The van der Waals surface area contributed by atoms with Gasteiger partial charge >= 0.3 is 0 Å². The van der Waals surface area contributed by atoms with Crippen LogP contribution in [0.5, 0.6) is 0 Å². The summed E-state index contributed by atoms with van der Waals surface area (Å²) in [6.45, 7) is 6.97. The molecule has 0 bridgehead atoms. The molecule has 0 heterocycles. The second-order valence-corrected chi connectivity index (χ2v) is 12.2. The third-order valence-corrected chi connectivity index (χ3v) is 7.15. The minimum atomic E-state index is -3.80. The maximum Gasteiger partial charge on any atom is 0.244 e. The Labute approximate surface area is 215 Å². The number of nitrogens with one attached hydrogen (secondary N) is 1. The summed E-state index contributed by atoms with van der Waals surface area (Å²) in [6.07, 6.45) is 1.38. The molecule has 1 atom stereocenters. The topological polar surface area (TPSA) is 86.8 Å². The Kier molecular flexibility index (Phi) is 9.56. The lowest BCUT2D eigenvalue weighted by atomic mass is 10.1. The molecule has 0 spiro atoms. The second-order valence-electron chi connectivity index (χ2n) is 9.00. The van der Waals surface area contributed by atoms with Crippen LogP contribution in [-0.2, 0) is 26.2 Å². The van der Waals surface area contributed by atoms with Crippen molar-refractivity contribution in [3.05, 3.63) is 63.6 Å². The van der Waals surface area contributed by atoms with E-state index in [1.54, 1.807) is 48.5 Å². The Morgan fingerprint density at radius 3 is 2.21 bits per heavy atom. The number of halogens is 2. The third kappa shape index (κ3) is 7.71. The average molecular weight is 573 g/mol. The van der Waals surface area contributed by atoms with Crippen molar-refractivity contribution in [2.24, 2.45) is 0 Å². The van der Waals surface area contributed by atoms with Gasteiger partial charge in [-0.15, -0.1) is 0 Å². The molecule has 2 rings (SSSR count). The van der Waals surface area contributed by atoms with Gasteiger partial charge in [0.05, 0.1) is 11.9 Å². The molecule has 0 aliphatic carbocycles. The van der Waals surface area contributed by atoms with Crippen LogP contribution in [0, 0.1) is 0 Å². The average Bonchev–Trinajstić information content (AvgIpc) is 2.71. The van der Waals surface area contributed by atoms with Gasteiger partial charge in [-0.2, -0.15) is 0 Å². The number of rotatable bonds is 9. The van der Waals surface area contributed by atoms with Gasteiger partial charge in [-0.3, -0.25) is 13.9 Å². The van der Waals surface area contributed by atoms with Crippen LogP contribution in [0.3, 0.4) is 0 Å². The quantitative estimate of drug-likeness (QED) is 0.476. The van der Waals surface area contributed by atoms with Gasteiger partial charge in [-0.25, -0.2) is 8.42 Å². The summed E-state index contributed by atoms with van der Waals surface area (Å²) >= 11 is 9.72. The van der Waals surface area contributed by atoms with E-state index in [1.807, 2.05) is 27.7 Å². The Hall–Kier alpha value is -2.10. The van der Waals surface area contributed by atoms with E-state index >= 15 is 0 Å². The van der Waals surface area contributed by atoms with Crippen LogP contribution >= 0.6 is 27.5 Å². The number of nitrogens with zero attached hydrogens (tertiary/aromatic N) is 2. The minimum absolute atomic E-state index is 0.0577. The van der Waals surface area contributed by atoms with Gasteiger partial charge < -0.3 is 10.2 Å². The SMILES string of the molecule is CCC(C(=O)NC(C)(C)C)N(Cc1ccccc1Cl)C(=O)CN(c1ccccc1Br)S(C)(=O)=O. The predicted octanol–water partition coefficient (Wildman–Crippen LogP) is 4.59. The highest BCUT2D eigenvalue weighted by molar-refractivity contribution is 9.10. The van der Waals surface area contributed by atoms with Crippen molar-refractivity contribution in [2.75, 3.05) is 17.1 Å². The zero-order chi connectivity index (χ0) is 25.7. The van der Waals surface area contributed by atoms with E-state index in [9.17, 15) is 18.0 Å². The van der Waals surface area contributed by atoms with Crippen LogP contribution in [0.1, 0.15) is 39.7 Å². The molecule has 34 heavy (non-hydrogen) atoms. The molecule has 10 heteroatoms. The minimum Gasteiger partial charge on any atom is -0.350 e. The molecule has 0 radical (unpaired) electrons. The van der Waals surface area contributed by atoms with E-state index in [2.05, 4.69) is 21.2 Å². The summed E-state index contributed by atoms with van der Waals surface area (Å²) < 4.78 is 26.9. The molecule has 0 fully saturated rings. The Balaban J connectivity index is 2.49. The Bertz CT molecular complexity index is 1140. The summed E-state index contributed by atoms with van der Waals surface area (Å²) in [5, 5.41) is 3.38. The van der Waals surface area contributed by atoms with Gasteiger partial charge in [0.15, 0.2) is 0 Å². The van der Waals surface area contributed by atoms with E-state index in [0.29, 0.717) is 27.2 Å². The molecule has 1 N–H and O–H groups in total. The lowest BCUT2D eigenvalue weighted by Gasteiger charge is -2.34. The van der Waals surface area contributed by atoms with Crippen LogP contribution in [0.2, 0.25) is 5.02 Å². The normalized spacial score (nSPS) is 12.7. The fourth-order valence-electron chi connectivity index (χ4n) is 3.43. The number of hydrogen-bond donors (Lipinski definition) is 1. The molecule has 1 unspecified atom stereocenters. The monoisotopic (exact) mass is 571 g/mol. The van der Waals surface area contributed by atoms with Gasteiger partial charge in [-0.1, -0.05) is 48.9 Å². The van der Waals surface area contributed by atoms with Crippen molar-refractivity contribution < 1.29 is 18.0 Å². The van der Waals surface area contributed by atoms with Gasteiger partial charge in [0.2, 0.25) is 21.8 Å². The highest BCUT2D eigenvalue weighted by atomic mass is 79.9. The molecule has 7 nitrogen and oxygen atoms in total. The molecular weight excluding hydrogens is 542 g/mol. The van der Waals surface area contributed by atoms with Crippen LogP contribution < -0.4 is 9.62 Å². The number of para-hydroxylation sites is 1. The van der Waals surface area contributed by atoms with E-state index < -0.39 is 34.1 Å². The summed E-state index contributed by atoms with van der Waals surface area (Å²) in [4.78, 5) is 28.2. The van der Waals surface area contributed by atoms with Gasteiger partial charge in [0.1, 0.15) is 12.6 Å². The number of hydrogen-bond acceptors (Lipinski definition) is 4. The highest BCUT2D eigenvalue weighted by Crippen LogP contribution is 2.28. The zero-order valence-electron chi connectivity index (χ0n) is 20.0. The van der Waals surface area contributed by atoms with Crippen molar-refractivity contribution in [1.29, 1.82) is 0 Å². The molecule has 0 aliphatic heterocycles. The van der Waals surface area contributed by atoms with Crippen LogP contribution in [0.15, 0.2) is 53.0 Å². The summed E-state index contributed by atoms with van der Waals surface area (Å²) in [5.74, 6) is -0.834. The number of carbonyl (C=O) groups is 2. The standard InChI is InChI=1S/C24H31BrClN3O4S/c1-6-20(23(31)27-24(2,3)4)28(15-17-11-7-9-13-19(17)26)22(30)16-29(34(5,32)33)21-14-10-8-12-18(21)25/h7-14,20H,6,15-16H2,1-5H3,(H,27,31).